The van der Waals surface area contributed by atoms with E-state index in [1.54, 1.807) is 38.2 Å². The largest absolute Gasteiger partial charge is 0.476 e. The van der Waals surface area contributed by atoms with Gasteiger partial charge in [-0.25, -0.2) is 4.98 Å². The van der Waals surface area contributed by atoms with E-state index in [2.05, 4.69) is 20.5 Å². The molecule has 2 bridgehead atoms. The lowest BCUT2D eigenvalue weighted by atomic mass is 9.96. The normalized spacial score (nSPS) is 23.7. The smallest absolute Gasteiger partial charge is 0.263 e. The summed E-state index contributed by atoms with van der Waals surface area (Å²) in [4.78, 5) is 32.4. The summed E-state index contributed by atoms with van der Waals surface area (Å²) in [6.45, 7) is 3.48. The number of halogens is 2. The highest BCUT2D eigenvalue weighted by Crippen LogP contribution is 2.39. The molecule has 1 aromatic heterocycles. The average molecular weight is 517 g/mol. The van der Waals surface area contributed by atoms with Crippen molar-refractivity contribution in [1.82, 2.24) is 15.6 Å². The Balaban J connectivity index is 1.20. The number of nitrogens with zero attached hydrogens (tertiary/aromatic N) is 2. The zero-order valence-corrected chi connectivity index (χ0v) is 21.4. The molecular formula is C26H30Cl2N4O3. The number of hydrogen-bond donors (Lipinski definition) is 2. The molecule has 2 amide bonds. The number of rotatable bonds is 7. The molecule has 2 aliphatic heterocycles. The molecule has 0 radical (unpaired) electrons. The van der Waals surface area contributed by atoms with Gasteiger partial charge in [0.1, 0.15) is 11.6 Å². The number of hydrogen-bond acceptors (Lipinski definition) is 5. The van der Waals surface area contributed by atoms with E-state index in [0.717, 1.165) is 44.3 Å². The molecule has 1 aromatic carbocycles. The highest BCUT2D eigenvalue weighted by atomic mass is 35.5. The van der Waals surface area contributed by atoms with Crippen LogP contribution in [0.25, 0.3) is 0 Å². The molecule has 35 heavy (non-hydrogen) atoms. The minimum atomic E-state index is -1.09. The van der Waals surface area contributed by atoms with Crippen molar-refractivity contribution < 1.29 is 14.3 Å². The molecule has 0 spiro atoms. The maximum absolute atomic E-state index is 13.1. The number of carbonyl (C=O) groups excluding carboxylic acids is 2. The maximum Gasteiger partial charge on any atom is 0.263 e. The van der Waals surface area contributed by atoms with E-state index < -0.39 is 5.60 Å². The van der Waals surface area contributed by atoms with Gasteiger partial charge in [-0.15, -0.1) is 0 Å². The van der Waals surface area contributed by atoms with E-state index in [4.69, 9.17) is 27.9 Å². The fourth-order valence-electron chi connectivity index (χ4n) is 5.08. The first-order chi connectivity index (χ1) is 16.7. The van der Waals surface area contributed by atoms with Crippen molar-refractivity contribution in [2.75, 3.05) is 4.90 Å². The van der Waals surface area contributed by atoms with Crippen LogP contribution in [0.5, 0.6) is 5.75 Å². The Bertz CT molecular complexity index is 1110. The quantitative estimate of drug-likeness (QED) is 0.554. The summed E-state index contributed by atoms with van der Waals surface area (Å²) in [5, 5.41) is 7.08. The predicted octanol–water partition coefficient (Wildman–Crippen LogP) is 4.75. The Morgan fingerprint density at radius 3 is 2.31 bits per heavy atom. The standard InChI is InChI=1S/C26H30Cl2N4O3/c1-26(2,35-22-9-4-16(27)11-21(22)28)25(34)31-18-12-19-7-8-20(13-18)32(19)23-10-3-15(14-29-23)24(33)30-17-5-6-17/h3-4,9-11,14,17-20H,5-8,12-13H2,1-2H3,(H,30,33)(H,31,34). The molecule has 9 heteroatoms. The van der Waals surface area contributed by atoms with E-state index in [9.17, 15) is 9.59 Å². The first kappa shape index (κ1) is 24.2. The van der Waals surface area contributed by atoms with Gasteiger partial charge in [-0.1, -0.05) is 23.2 Å². The third kappa shape index (κ3) is 5.36. The number of aromatic nitrogens is 1. The molecule has 1 saturated carbocycles. The number of pyridine rings is 1. The van der Waals surface area contributed by atoms with Gasteiger partial charge in [0.15, 0.2) is 5.60 Å². The zero-order valence-electron chi connectivity index (χ0n) is 19.9. The van der Waals surface area contributed by atoms with E-state index in [1.165, 1.54) is 0 Å². The number of ether oxygens (including phenoxy) is 1. The van der Waals surface area contributed by atoms with E-state index >= 15 is 0 Å². The fraction of sp³-hybridized carbons (Fsp3) is 0.500. The third-order valence-corrected chi connectivity index (χ3v) is 7.59. The molecule has 2 aromatic rings. The van der Waals surface area contributed by atoms with Crippen LogP contribution < -0.4 is 20.3 Å². The molecule has 2 unspecified atom stereocenters. The van der Waals surface area contributed by atoms with Gasteiger partial charge in [0.05, 0.1) is 10.6 Å². The van der Waals surface area contributed by atoms with Crippen LogP contribution in [0.4, 0.5) is 5.82 Å². The Morgan fingerprint density at radius 1 is 1.00 bits per heavy atom. The van der Waals surface area contributed by atoms with Crippen LogP contribution in [0.15, 0.2) is 36.5 Å². The minimum absolute atomic E-state index is 0.0549. The molecular weight excluding hydrogens is 487 g/mol. The topological polar surface area (TPSA) is 83.6 Å². The van der Waals surface area contributed by atoms with Crippen molar-refractivity contribution >= 4 is 40.8 Å². The molecule has 2 N–H and O–H groups in total. The van der Waals surface area contributed by atoms with Crippen LogP contribution in [0, 0.1) is 0 Å². The second-order valence-electron chi connectivity index (χ2n) is 10.3. The first-order valence-corrected chi connectivity index (χ1v) is 13.0. The Kier molecular flexibility index (Phi) is 6.57. The van der Waals surface area contributed by atoms with Crippen molar-refractivity contribution in [3.63, 3.8) is 0 Å². The van der Waals surface area contributed by atoms with Crippen LogP contribution in [-0.4, -0.2) is 46.6 Å². The molecule has 3 fully saturated rings. The van der Waals surface area contributed by atoms with Gasteiger partial charge < -0.3 is 20.3 Å². The van der Waals surface area contributed by atoms with Gasteiger partial charge in [0.2, 0.25) is 0 Å². The second-order valence-corrected chi connectivity index (χ2v) is 11.1. The molecule has 1 aliphatic carbocycles. The molecule has 2 saturated heterocycles. The average Bonchev–Trinajstić information content (AvgIpc) is 3.58. The maximum atomic E-state index is 13.1. The Hall–Kier alpha value is -2.51. The highest BCUT2D eigenvalue weighted by molar-refractivity contribution is 6.35. The fourth-order valence-corrected chi connectivity index (χ4v) is 5.52. The van der Waals surface area contributed by atoms with Crippen molar-refractivity contribution in [3.8, 4) is 5.75 Å². The predicted molar refractivity (Wildman–Crippen MR) is 136 cm³/mol. The van der Waals surface area contributed by atoms with Gasteiger partial charge >= 0.3 is 0 Å². The van der Waals surface area contributed by atoms with Crippen molar-refractivity contribution in [2.24, 2.45) is 0 Å². The lowest BCUT2D eigenvalue weighted by Crippen LogP contribution is -2.55. The molecule has 186 valence electrons. The number of piperidine rings is 1. The minimum Gasteiger partial charge on any atom is -0.476 e. The van der Waals surface area contributed by atoms with Gasteiger partial charge in [0.25, 0.3) is 11.8 Å². The van der Waals surface area contributed by atoms with E-state index in [-0.39, 0.29) is 17.9 Å². The number of amides is 2. The van der Waals surface area contributed by atoms with Crippen LogP contribution in [0.3, 0.4) is 0 Å². The third-order valence-electron chi connectivity index (χ3n) is 7.06. The lowest BCUT2D eigenvalue weighted by Gasteiger charge is -2.40. The van der Waals surface area contributed by atoms with Crippen LogP contribution in [0.2, 0.25) is 10.0 Å². The monoisotopic (exact) mass is 516 g/mol. The van der Waals surface area contributed by atoms with E-state index in [0.29, 0.717) is 39.5 Å². The first-order valence-electron chi connectivity index (χ1n) is 12.2. The van der Waals surface area contributed by atoms with Gasteiger partial charge in [-0.05, 0) is 82.7 Å². The molecule has 2 atom stereocenters. The highest BCUT2D eigenvalue weighted by Gasteiger charge is 2.43. The molecule has 7 nitrogen and oxygen atoms in total. The SMILES string of the molecule is CC(C)(Oc1ccc(Cl)cc1Cl)C(=O)NC1CC2CCC(C1)N2c1ccc(C(=O)NC2CC2)cn1. The van der Waals surface area contributed by atoms with Crippen LogP contribution >= 0.6 is 23.2 Å². The lowest BCUT2D eigenvalue weighted by molar-refractivity contribution is -0.135. The van der Waals surface area contributed by atoms with E-state index in [1.807, 2.05) is 12.1 Å². The number of anilines is 1. The number of fused-ring (bicyclic) bond motifs is 2. The zero-order chi connectivity index (χ0) is 24.7. The Labute approximate surface area is 215 Å². The Morgan fingerprint density at radius 2 is 1.71 bits per heavy atom. The van der Waals surface area contributed by atoms with Gasteiger partial charge in [0, 0.05) is 35.4 Å². The molecule has 3 heterocycles. The summed E-state index contributed by atoms with van der Waals surface area (Å²) >= 11 is 12.2. The van der Waals surface area contributed by atoms with Crippen molar-refractivity contribution in [3.05, 3.63) is 52.1 Å². The van der Waals surface area contributed by atoms with Gasteiger partial charge in [-0.3, -0.25) is 9.59 Å². The number of nitrogens with one attached hydrogen (secondary N) is 2. The summed E-state index contributed by atoms with van der Waals surface area (Å²) < 4.78 is 5.95. The number of carbonyl (C=O) groups is 2. The second kappa shape index (κ2) is 9.51. The van der Waals surface area contributed by atoms with Gasteiger partial charge in [-0.2, -0.15) is 0 Å². The summed E-state index contributed by atoms with van der Waals surface area (Å²) in [5.41, 5.74) is -0.496. The molecule has 5 rings (SSSR count). The van der Waals surface area contributed by atoms with Crippen LogP contribution in [0.1, 0.15) is 62.7 Å². The summed E-state index contributed by atoms with van der Waals surface area (Å²) in [6, 6.07) is 9.74. The summed E-state index contributed by atoms with van der Waals surface area (Å²) in [5.74, 6) is 1.09. The summed E-state index contributed by atoms with van der Waals surface area (Å²) in [7, 11) is 0. The van der Waals surface area contributed by atoms with Crippen molar-refractivity contribution in [1.29, 1.82) is 0 Å². The molecule has 3 aliphatic rings. The number of benzene rings is 1. The van der Waals surface area contributed by atoms with Crippen molar-refractivity contribution in [2.45, 2.75) is 82.1 Å². The van der Waals surface area contributed by atoms with Crippen LogP contribution in [-0.2, 0) is 4.79 Å². The summed E-state index contributed by atoms with van der Waals surface area (Å²) in [6.07, 6.45) is 7.58.